The first-order valence-electron chi connectivity index (χ1n) is 8.69. The molecule has 1 aromatic rings. The fourth-order valence-corrected chi connectivity index (χ4v) is 3.96. The van der Waals surface area contributed by atoms with Crippen molar-refractivity contribution in [1.82, 2.24) is 5.32 Å². The van der Waals surface area contributed by atoms with Crippen LogP contribution in [0.2, 0.25) is 0 Å². The highest BCUT2D eigenvalue weighted by Crippen LogP contribution is 2.23. The standard InChI is InChI=1S/C18H22N4O3S/c1-12-9-14(22-7-3-2-4-8-22)6-5-13(12)11-19-21-18-20-17(25)15(26-18)10-16(23)24/h5-6,9,11,15H,2-4,7-8,10H2,1H3,(H,23,24)(H,20,21,25). The molecular weight excluding hydrogens is 352 g/mol. The van der Waals surface area contributed by atoms with Crippen LogP contribution in [-0.2, 0) is 9.59 Å². The average molecular weight is 374 g/mol. The van der Waals surface area contributed by atoms with Crippen molar-refractivity contribution in [2.45, 2.75) is 37.9 Å². The number of hydrogen-bond donors (Lipinski definition) is 2. The van der Waals surface area contributed by atoms with Crippen molar-refractivity contribution in [2.75, 3.05) is 18.0 Å². The lowest BCUT2D eigenvalue weighted by atomic mass is 10.1. The molecule has 2 aliphatic heterocycles. The monoisotopic (exact) mass is 374 g/mol. The summed E-state index contributed by atoms with van der Waals surface area (Å²) < 4.78 is 0. The molecule has 8 heteroatoms. The van der Waals surface area contributed by atoms with Gasteiger partial charge in [0.2, 0.25) is 5.91 Å². The highest BCUT2D eigenvalue weighted by Gasteiger charge is 2.32. The zero-order valence-corrected chi connectivity index (χ0v) is 15.5. The fraction of sp³-hybridized carbons (Fsp3) is 0.444. The number of carbonyl (C=O) groups is 2. The summed E-state index contributed by atoms with van der Waals surface area (Å²) in [6, 6.07) is 6.28. The van der Waals surface area contributed by atoms with Gasteiger partial charge in [0, 0.05) is 18.8 Å². The van der Waals surface area contributed by atoms with Gasteiger partial charge < -0.3 is 15.3 Å². The van der Waals surface area contributed by atoms with E-state index in [9.17, 15) is 9.59 Å². The van der Waals surface area contributed by atoms with Gasteiger partial charge in [0.05, 0.1) is 12.6 Å². The number of aryl methyl sites for hydroxylation is 1. The lowest BCUT2D eigenvalue weighted by Crippen LogP contribution is -2.29. The zero-order valence-electron chi connectivity index (χ0n) is 14.6. The van der Waals surface area contributed by atoms with E-state index in [1.807, 2.05) is 13.0 Å². The quantitative estimate of drug-likeness (QED) is 0.610. The van der Waals surface area contributed by atoms with Gasteiger partial charge in [0.15, 0.2) is 5.17 Å². The third-order valence-electron chi connectivity index (χ3n) is 4.46. The zero-order chi connectivity index (χ0) is 18.5. The maximum Gasteiger partial charge on any atom is 0.305 e. The number of piperidine rings is 1. The Bertz CT molecular complexity index is 757. The number of nitrogens with zero attached hydrogens (tertiary/aromatic N) is 3. The second-order valence-corrected chi connectivity index (χ2v) is 7.62. The number of amides is 1. The van der Waals surface area contributed by atoms with Crippen LogP contribution in [0.15, 0.2) is 28.4 Å². The van der Waals surface area contributed by atoms with Crippen LogP contribution >= 0.6 is 11.8 Å². The van der Waals surface area contributed by atoms with Crippen molar-refractivity contribution < 1.29 is 14.7 Å². The molecule has 0 saturated carbocycles. The van der Waals surface area contributed by atoms with Crippen LogP contribution in [0.1, 0.15) is 36.8 Å². The van der Waals surface area contributed by atoms with Crippen LogP contribution < -0.4 is 10.2 Å². The second-order valence-electron chi connectivity index (χ2n) is 6.43. The molecule has 0 aliphatic carbocycles. The number of hydrogen-bond acceptors (Lipinski definition) is 6. The smallest absolute Gasteiger partial charge is 0.305 e. The molecule has 1 aromatic carbocycles. The van der Waals surface area contributed by atoms with Gasteiger partial charge in [0.25, 0.3) is 0 Å². The lowest BCUT2D eigenvalue weighted by molar-refractivity contribution is -0.138. The first-order chi connectivity index (χ1) is 12.5. The van der Waals surface area contributed by atoms with Crippen molar-refractivity contribution in [3.8, 4) is 0 Å². The maximum absolute atomic E-state index is 11.7. The number of rotatable bonds is 5. The van der Waals surface area contributed by atoms with Crippen LogP contribution in [0.4, 0.5) is 5.69 Å². The number of carboxylic acids is 1. The highest BCUT2D eigenvalue weighted by atomic mass is 32.2. The molecule has 3 rings (SSSR count). The molecule has 1 amide bonds. The van der Waals surface area contributed by atoms with Crippen LogP contribution in [0.25, 0.3) is 0 Å². The summed E-state index contributed by atoms with van der Waals surface area (Å²) in [6.45, 7) is 4.25. The molecule has 2 N–H and O–H groups in total. The predicted molar refractivity (Wildman–Crippen MR) is 104 cm³/mol. The normalized spacial score (nSPS) is 22.2. The topological polar surface area (TPSA) is 94.4 Å². The van der Waals surface area contributed by atoms with Crippen LogP contribution in [-0.4, -0.2) is 46.7 Å². The van der Waals surface area contributed by atoms with E-state index >= 15 is 0 Å². The average Bonchev–Trinajstić information content (AvgIpc) is 2.96. The van der Waals surface area contributed by atoms with Crippen LogP contribution in [0, 0.1) is 6.92 Å². The number of carbonyl (C=O) groups excluding carboxylic acids is 1. The summed E-state index contributed by atoms with van der Waals surface area (Å²) >= 11 is 1.10. The van der Waals surface area contributed by atoms with Crippen molar-refractivity contribution >= 4 is 40.7 Å². The van der Waals surface area contributed by atoms with Crippen LogP contribution in [0.5, 0.6) is 0 Å². The number of aliphatic carboxylic acids is 1. The Hall–Kier alpha value is -2.35. The van der Waals surface area contributed by atoms with Crippen molar-refractivity contribution in [3.05, 3.63) is 29.3 Å². The summed E-state index contributed by atoms with van der Waals surface area (Å²) in [4.78, 5) is 24.8. The molecule has 2 fully saturated rings. The molecule has 26 heavy (non-hydrogen) atoms. The lowest BCUT2D eigenvalue weighted by Gasteiger charge is -2.29. The Morgan fingerprint density at radius 1 is 1.38 bits per heavy atom. The molecule has 2 aliphatic rings. The van der Waals surface area contributed by atoms with Gasteiger partial charge in [-0.2, -0.15) is 5.10 Å². The summed E-state index contributed by atoms with van der Waals surface area (Å²) in [5.74, 6) is -1.35. The Labute approximate surface area is 156 Å². The van der Waals surface area contributed by atoms with E-state index in [1.54, 1.807) is 6.21 Å². The van der Waals surface area contributed by atoms with E-state index in [0.717, 1.165) is 36.0 Å². The minimum atomic E-state index is -1.01. The Morgan fingerprint density at radius 3 is 2.85 bits per heavy atom. The van der Waals surface area contributed by atoms with Gasteiger partial charge in [0.1, 0.15) is 5.25 Å². The molecule has 0 radical (unpaired) electrons. The first-order valence-corrected chi connectivity index (χ1v) is 9.57. The molecule has 7 nitrogen and oxygen atoms in total. The highest BCUT2D eigenvalue weighted by molar-refractivity contribution is 8.15. The van der Waals surface area contributed by atoms with Crippen molar-refractivity contribution in [3.63, 3.8) is 0 Å². The molecular formula is C18H22N4O3S. The molecule has 2 heterocycles. The fourth-order valence-electron chi connectivity index (χ4n) is 3.04. The number of anilines is 1. The van der Waals surface area contributed by atoms with E-state index in [-0.39, 0.29) is 12.3 Å². The van der Waals surface area contributed by atoms with Gasteiger partial charge in [-0.05, 0) is 49.4 Å². The van der Waals surface area contributed by atoms with E-state index in [1.165, 1.54) is 24.9 Å². The Kier molecular flexibility index (Phi) is 5.92. The summed E-state index contributed by atoms with van der Waals surface area (Å²) in [7, 11) is 0. The molecule has 1 unspecified atom stereocenters. The first kappa shape index (κ1) is 18.4. The summed E-state index contributed by atoms with van der Waals surface area (Å²) in [5.41, 5.74) is 3.32. The van der Waals surface area contributed by atoms with E-state index in [0.29, 0.717) is 5.17 Å². The van der Waals surface area contributed by atoms with Gasteiger partial charge in [-0.25, -0.2) is 0 Å². The third-order valence-corrected chi connectivity index (χ3v) is 5.53. The van der Waals surface area contributed by atoms with Crippen LogP contribution in [0.3, 0.4) is 0 Å². The molecule has 0 bridgehead atoms. The minimum absolute atomic E-state index is 0.226. The van der Waals surface area contributed by atoms with Gasteiger partial charge in [-0.3, -0.25) is 9.59 Å². The molecule has 0 spiro atoms. The van der Waals surface area contributed by atoms with E-state index in [2.05, 4.69) is 32.6 Å². The SMILES string of the molecule is Cc1cc(N2CCCCC2)ccc1C=NN=C1NC(=O)C(CC(=O)O)S1. The largest absolute Gasteiger partial charge is 0.481 e. The molecule has 2 saturated heterocycles. The van der Waals surface area contributed by atoms with Gasteiger partial charge >= 0.3 is 5.97 Å². The molecule has 1 atom stereocenters. The molecule has 0 aromatic heterocycles. The number of amidine groups is 1. The van der Waals surface area contributed by atoms with Gasteiger partial charge in [-0.15, -0.1) is 5.10 Å². The third kappa shape index (κ3) is 4.63. The number of carboxylic acid groups (broad SMARTS) is 1. The number of thioether (sulfide) groups is 1. The minimum Gasteiger partial charge on any atom is -0.481 e. The summed E-state index contributed by atoms with van der Waals surface area (Å²) in [6.07, 6.45) is 5.22. The van der Waals surface area contributed by atoms with E-state index < -0.39 is 11.2 Å². The Balaban J connectivity index is 1.63. The number of nitrogens with one attached hydrogen (secondary N) is 1. The second kappa shape index (κ2) is 8.35. The van der Waals surface area contributed by atoms with Crippen molar-refractivity contribution in [1.29, 1.82) is 0 Å². The van der Waals surface area contributed by atoms with E-state index in [4.69, 9.17) is 5.11 Å². The predicted octanol–water partition coefficient (Wildman–Crippen LogP) is 2.38. The molecule has 138 valence electrons. The summed E-state index contributed by atoms with van der Waals surface area (Å²) in [5, 5.41) is 19.1. The Morgan fingerprint density at radius 2 is 2.15 bits per heavy atom. The maximum atomic E-state index is 11.7. The van der Waals surface area contributed by atoms with Crippen molar-refractivity contribution in [2.24, 2.45) is 10.2 Å². The number of benzene rings is 1. The van der Waals surface area contributed by atoms with Gasteiger partial charge in [-0.1, -0.05) is 17.8 Å².